The van der Waals surface area contributed by atoms with Gasteiger partial charge in [0.25, 0.3) is 0 Å². The summed E-state index contributed by atoms with van der Waals surface area (Å²) in [7, 11) is 0. The molecular weight excluding hydrogens is 492 g/mol. The topological polar surface area (TPSA) is 89.9 Å². The van der Waals surface area contributed by atoms with Gasteiger partial charge in [-0.1, -0.05) is 58.4 Å². The first kappa shape index (κ1) is 39.7. The predicted molar refractivity (Wildman–Crippen MR) is 161 cm³/mol. The molecule has 232 valence electrons. The molecule has 4 saturated carbocycles. The molecule has 12 atom stereocenters. The summed E-state index contributed by atoms with van der Waals surface area (Å²) in [6.45, 7) is 9.76. The maximum atomic E-state index is 12.7. The summed E-state index contributed by atoms with van der Waals surface area (Å²) in [5, 5.41) is 11.1. The number of fused-ring (bicyclic) bond motifs is 4. The Hall–Kier alpha value is -1.43. The van der Waals surface area contributed by atoms with Crippen LogP contribution in [0.2, 0.25) is 0 Å². The lowest BCUT2D eigenvalue weighted by molar-refractivity contribution is -0.159. The third-order valence-electron chi connectivity index (χ3n) is 10.1. The van der Waals surface area contributed by atoms with Crippen molar-refractivity contribution in [3.05, 3.63) is 0 Å². The summed E-state index contributed by atoms with van der Waals surface area (Å²) in [6, 6.07) is 0. The largest absolute Gasteiger partial charge is 0.460 e. The van der Waals surface area contributed by atoms with E-state index in [1.165, 1.54) is 6.42 Å². The van der Waals surface area contributed by atoms with Crippen molar-refractivity contribution in [3.63, 3.8) is 0 Å². The molecule has 1 heterocycles. The number of esters is 3. The highest BCUT2D eigenvalue weighted by molar-refractivity contribution is 5.96. The van der Waals surface area contributed by atoms with Crippen LogP contribution in [-0.2, 0) is 23.9 Å². The number of hydrogen-bond donors (Lipinski definition) is 1. The molecule has 5 aliphatic rings. The van der Waals surface area contributed by atoms with Crippen LogP contribution in [0.25, 0.3) is 0 Å². The Bertz CT molecular complexity index is 831. The van der Waals surface area contributed by atoms with Crippen molar-refractivity contribution in [3.8, 4) is 0 Å². The van der Waals surface area contributed by atoms with Crippen LogP contribution < -0.4 is 0 Å². The van der Waals surface area contributed by atoms with E-state index in [1.54, 1.807) is 0 Å². The minimum atomic E-state index is -0.682. The van der Waals surface area contributed by atoms with Crippen molar-refractivity contribution in [1.82, 2.24) is 0 Å². The number of cyclic esters (lactones) is 2. The van der Waals surface area contributed by atoms with E-state index < -0.39 is 11.7 Å². The molecular formula is C33H64O6. The first-order valence-electron chi connectivity index (χ1n) is 13.1. The average Bonchev–Trinajstić information content (AvgIpc) is 3.48. The van der Waals surface area contributed by atoms with E-state index in [1.807, 2.05) is 27.7 Å². The van der Waals surface area contributed by atoms with Crippen LogP contribution in [0.3, 0.4) is 0 Å². The molecule has 0 amide bonds. The molecule has 0 aromatic carbocycles. The maximum absolute atomic E-state index is 12.7. The maximum Gasteiger partial charge on any atom is 0.317 e. The predicted octanol–water partition coefficient (Wildman–Crippen LogP) is 7.80. The zero-order chi connectivity index (χ0) is 23.8. The van der Waals surface area contributed by atoms with Crippen molar-refractivity contribution in [2.75, 3.05) is 0 Å². The van der Waals surface area contributed by atoms with Gasteiger partial charge in [0.15, 0.2) is 0 Å². The lowest BCUT2D eigenvalue weighted by Crippen LogP contribution is -2.45. The number of ether oxygens (including phenoxy) is 2. The molecule has 6 nitrogen and oxygen atoms in total. The number of hydrogen-bond acceptors (Lipinski definition) is 6. The molecule has 5 rings (SSSR count). The zero-order valence-electron chi connectivity index (χ0n) is 20.7. The fourth-order valence-electron chi connectivity index (χ4n) is 9.09. The molecule has 0 radical (unpaired) electrons. The van der Waals surface area contributed by atoms with Gasteiger partial charge in [-0.2, -0.15) is 0 Å². The Morgan fingerprint density at radius 2 is 1.44 bits per heavy atom. The Morgan fingerprint density at radius 3 is 1.92 bits per heavy atom. The highest BCUT2D eigenvalue weighted by Crippen LogP contribution is 2.67. The number of carbonyl (C=O) groups excluding carboxylic acids is 3. The molecule has 4 bridgehead atoms. The van der Waals surface area contributed by atoms with E-state index in [-0.39, 0.29) is 92.6 Å². The highest BCUT2D eigenvalue weighted by atomic mass is 16.6. The van der Waals surface area contributed by atoms with E-state index >= 15 is 0 Å². The molecule has 1 saturated heterocycles. The fourth-order valence-corrected chi connectivity index (χ4v) is 9.09. The second-order valence-corrected chi connectivity index (χ2v) is 12.9. The van der Waals surface area contributed by atoms with Crippen LogP contribution in [0, 0.1) is 65.1 Å². The SMILES string of the molecule is C.C.C.C.C.C.CC1C(=O)OC(=O)C1C1C2CCC(C2)C1C1C(C)C2CC(C(O)CC(=O)OC(C)(C)C)C1C2. The van der Waals surface area contributed by atoms with Gasteiger partial charge >= 0.3 is 17.9 Å². The minimum absolute atomic E-state index is 0. The van der Waals surface area contributed by atoms with Crippen LogP contribution in [0.5, 0.6) is 0 Å². The van der Waals surface area contributed by atoms with Gasteiger partial charge in [-0.15, -0.1) is 0 Å². The van der Waals surface area contributed by atoms with E-state index in [9.17, 15) is 19.5 Å². The third kappa shape index (κ3) is 6.73. The van der Waals surface area contributed by atoms with Gasteiger partial charge in [0, 0.05) is 0 Å². The van der Waals surface area contributed by atoms with Crippen LogP contribution >= 0.6 is 0 Å². The summed E-state index contributed by atoms with van der Waals surface area (Å²) in [6.07, 6.45) is 4.96. The molecule has 0 aromatic rings. The number of aliphatic hydroxyl groups is 1. The van der Waals surface area contributed by atoms with E-state index in [0.717, 1.165) is 25.7 Å². The average molecular weight is 557 g/mol. The quantitative estimate of drug-likeness (QED) is 0.274. The van der Waals surface area contributed by atoms with Crippen molar-refractivity contribution < 1.29 is 29.0 Å². The summed E-state index contributed by atoms with van der Waals surface area (Å²) in [4.78, 5) is 37.3. The van der Waals surface area contributed by atoms with Gasteiger partial charge in [-0.05, 0) is 106 Å². The van der Waals surface area contributed by atoms with Gasteiger partial charge < -0.3 is 14.6 Å². The minimum Gasteiger partial charge on any atom is -0.460 e. The first-order chi connectivity index (χ1) is 15.5. The zero-order valence-corrected chi connectivity index (χ0v) is 20.7. The first-order valence-corrected chi connectivity index (χ1v) is 13.1. The number of rotatable bonds is 5. The molecule has 5 fully saturated rings. The summed E-state index contributed by atoms with van der Waals surface area (Å²) >= 11 is 0. The monoisotopic (exact) mass is 556 g/mol. The third-order valence-corrected chi connectivity index (χ3v) is 10.1. The van der Waals surface area contributed by atoms with Gasteiger partial charge in [0.2, 0.25) is 0 Å². The molecule has 12 unspecified atom stereocenters. The van der Waals surface area contributed by atoms with E-state index in [0.29, 0.717) is 41.4 Å². The molecule has 4 aliphatic carbocycles. The van der Waals surface area contributed by atoms with Crippen molar-refractivity contribution >= 4 is 17.9 Å². The van der Waals surface area contributed by atoms with Gasteiger partial charge in [0.1, 0.15) is 5.60 Å². The molecule has 39 heavy (non-hydrogen) atoms. The van der Waals surface area contributed by atoms with Gasteiger partial charge in [-0.25, -0.2) is 0 Å². The standard InChI is InChI=1S/C27H40O6.6CH4/c1-12-16-9-17(19(28)11-20(29)33-27(3,4)5)18(10-16)21(12)23-14-6-7-15(8-14)24(23)22-13(2)25(30)32-26(22)31;;;;;;/h12-19,21-24,28H,6-11H2,1-5H3;6*1H4. The summed E-state index contributed by atoms with van der Waals surface area (Å²) < 4.78 is 10.6. The van der Waals surface area contributed by atoms with Crippen molar-refractivity contribution in [2.24, 2.45) is 65.1 Å². The fraction of sp³-hybridized carbons (Fsp3) is 0.909. The second kappa shape index (κ2) is 14.0. The Morgan fingerprint density at radius 1 is 0.872 bits per heavy atom. The molecule has 6 heteroatoms. The summed E-state index contributed by atoms with van der Waals surface area (Å²) in [5.74, 6) is 2.10. The molecule has 1 aliphatic heterocycles. The second-order valence-electron chi connectivity index (χ2n) is 12.9. The smallest absolute Gasteiger partial charge is 0.317 e. The van der Waals surface area contributed by atoms with Crippen LogP contribution in [0.15, 0.2) is 0 Å². The Labute approximate surface area is 241 Å². The van der Waals surface area contributed by atoms with Crippen LogP contribution in [0.4, 0.5) is 0 Å². The van der Waals surface area contributed by atoms with Crippen LogP contribution in [0.1, 0.15) is 118 Å². The highest BCUT2D eigenvalue weighted by Gasteiger charge is 2.64. The van der Waals surface area contributed by atoms with Gasteiger partial charge in [-0.3, -0.25) is 14.4 Å². The molecule has 1 N–H and O–H groups in total. The molecule has 0 aromatic heterocycles. The number of carbonyl (C=O) groups is 3. The summed E-state index contributed by atoms with van der Waals surface area (Å²) in [5.41, 5.74) is -0.553. The Kier molecular flexibility index (Phi) is 14.2. The van der Waals surface area contributed by atoms with Crippen LogP contribution in [-0.4, -0.2) is 34.7 Å². The lowest BCUT2D eigenvalue weighted by Gasteiger charge is -2.46. The number of aliphatic hydroxyl groups excluding tert-OH is 1. The van der Waals surface area contributed by atoms with Crippen molar-refractivity contribution in [1.29, 1.82) is 0 Å². The van der Waals surface area contributed by atoms with Crippen molar-refractivity contribution in [2.45, 2.75) is 129 Å². The molecule has 0 spiro atoms. The van der Waals surface area contributed by atoms with E-state index in [2.05, 4.69) is 6.92 Å². The Balaban J connectivity index is 0. The normalized spacial score (nSPS) is 40.0. The lowest BCUT2D eigenvalue weighted by atomic mass is 9.58. The van der Waals surface area contributed by atoms with Gasteiger partial charge in [0.05, 0.1) is 24.4 Å². The van der Waals surface area contributed by atoms with E-state index in [4.69, 9.17) is 9.47 Å².